The smallest absolute Gasteiger partial charge is 0.326 e. The maximum absolute atomic E-state index is 5.43. The van der Waals surface area contributed by atoms with Crippen LogP contribution in [0.3, 0.4) is 0 Å². The first-order chi connectivity index (χ1) is 7.19. The topological polar surface area (TPSA) is 66.4 Å². The van der Waals surface area contributed by atoms with Crippen molar-refractivity contribution in [2.24, 2.45) is 0 Å². The van der Waals surface area contributed by atoms with Gasteiger partial charge in [-0.05, 0) is 13.3 Å². The van der Waals surface area contributed by atoms with Gasteiger partial charge in [-0.25, -0.2) is 0 Å². The van der Waals surface area contributed by atoms with Gasteiger partial charge in [0.15, 0.2) is 0 Å². The van der Waals surface area contributed by atoms with E-state index in [1.54, 1.807) is 0 Å². The lowest BCUT2D eigenvalue weighted by atomic mass is 10.3. The molecule has 1 unspecified atom stereocenters. The minimum Gasteiger partial charge on any atom is -0.467 e. The van der Waals surface area contributed by atoms with E-state index in [-0.39, 0.29) is 24.1 Å². The summed E-state index contributed by atoms with van der Waals surface area (Å²) in [4.78, 5) is 11.7. The third-order valence-electron chi connectivity index (χ3n) is 1.82. The molecule has 0 saturated carbocycles. The molecule has 1 aromatic rings. The Morgan fingerprint density at radius 2 is 1.47 bits per heavy atom. The molecule has 0 fully saturated rings. The van der Waals surface area contributed by atoms with Crippen molar-refractivity contribution in [3.8, 4) is 18.0 Å². The number of nitrogens with zero attached hydrogens (tertiary/aromatic N) is 3. The summed E-state index contributed by atoms with van der Waals surface area (Å²) in [5, 5.41) is 0. The molecule has 0 aliphatic rings. The molecule has 15 heavy (non-hydrogen) atoms. The van der Waals surface area contributed by atoms with Gasteiger partial charge >= 0.3 is 18.0 Å². The van der Waals surface area contributed by atoms with Crippen LogP contribution in [0.5, 0.6) is 18.0 Å². The number of rotatable bonds is 5. The van der Waals surface area contributed by atoms with Crippen LogP contribution >= 0.6 is 0 Å². The highest BCUT2D eigenvalue weighted by atomic mass is 16.5. The molecule has 1 atom stereocenters. The molecule has 0 aliphatic carbocycles. The van der Waals surface area contributed by atoms with Crippen LogP contribution in [0.4, 0.5) is 0 Å². The predicted octanol–water partition coefficient (Wildman–Crippen LogP) is 1.07. The van der Waals surface area contributed by atoms with Crippen LogP contribution in [-0.2, 0) is 0 Å². The van der Waals surface area contributed by atoms with Crippen LogP contribution in [-0.4, -0.2) is 35.3 Å². The Kier molecular flexibility index (Phi) is 4.08. The molecule has 1 aromatic heterocycles. The lowest BCUT2D eigenvalue weighted by molar-refractivity contribution is 0.190. The maximum Gasteiger partial charge on any atom is 0.326 e. The molecule has 0 bridgehead atoms. The molecular formula is C9H15N3O3. The molecule has 1 heterocycles. The van der Waals surface area contributed by atoms with E-state index < -0.39 is 0 Å². The average Bonchev–Trinajstić information content (AvgIpc) is 2.28. The van der Waals surface area contributed by atoms with Gasteiger partial charge < -0.3 is 14.2 Å². The van der Waals surface area contributed by atoms with Crippen molar-refractivity contribution in [1.29, 1.82) is 0 Å². The van der Waals surface area contributed by atoms with E-state index >= 15 is 0 Å². The van der Waals surface area contributed by atoms with E-state index in [1.165, 1.54) is 14.2 Å². The van der Waals surface area contributed by atoms with Crippen LogP contribution in [0.25, 0.3) is 0 Å². The molecule has 0 radical (unpaired) electrons. The molecule has 0 saturated heterocycles. The first-order valence-electron chi connectivity index (χ1n) is 4.70. The number of aromatic nitrogens is 3. The second-order valence-corrected chi connectivity index (χ2v) is 2.93. The second kappa shape index (κ2) is 5.33. The monoisotopic (exact) mass is 213 g/mol. The zero-order chi connectivity index (χ0) is 11.3. The summed E-state index contributed by atoms with van der Waals surface area (Å²) in [6.07, 6.45) is 0.915. The minimum absolute atomic E-state index is 0.0433. The largest absolute Gasteiger partial charge is 0.467 e. The number of hydrogen-bond acceptors (Lipinski definition) is 6. The average molecular weight is 213 g/mol. The van der Waals surface area contributed by atoms with Crippen LogP contribution in [0.2, 0.25) is 0 Å². The van der Waals surface area contributed by atoms with Gasteiger partial charge in [0, 0.05) is 0 Å². The van der Waals surface area contributed by atoms with Crippen molar-refractivity contribution in [2.45, 2.75) is 26.4 Å². The summed E-state index contributed by atoms with van der Waals surface area (Å²) < 4.78 is 15.2. The molecule has 6 heteroatoms. The Bertz CT molecular complexity index is 297. The van der Waals surface area contributed by atoms with E-state index in [9.17, 15) is 0 Å². The fraction of sp³-hybridized carbons (Fsp3) is 0.667. The zero-order valence-electron chi connectivity index (χ0n) is 9.35. The maximum atomic E-state index is 5.43. The highest BCUT2D eigenvalue weighted by molar-refractivity contribution is 5.08. The van der Waals surface area contributed by atoms with Gasteiger partial charge in [-0.2, -0.15) is 0 Å². The highest BCUT2D eigenvalue weighted by Crippen LogP contribution is 2.15. The van der Waals surface area contributed by atoms with Crippen LogP contribution in [0.15, 0.2) is 0 Å². The Hall–Kier alpha value is -1.59. The third kappa shape index (κ3) is 3.23. The van der Waals surface area contributed by atoms with Crippen molar-refractivity contribution < 1.29 is 14.2 Å². The third-order valence-corrected chi connectivity index (χ3v) is 1.82. The van der Waals surface area contributed by atoms with Gasteiger partial charge in [0.05, 0.1) is 20.3 Å². The second-order valence-electron chi connectivity index (χ2n) is 2.93. The summed E-state index contributed by atoms with van der Waals surface area (Å²) in [5.74, 6) is 0. The molecule has 0 N–H and O–H groups in total. The molecule has 6 nitrogen and oxygen atoms in total. The van der Waals surface area contributed by atoms with E-state index in [1.807, 2.05) is 13.8 Å². The normalized spacial score (nSPS) is 12.0. The van der Waals surface area contributed by atoms with Gasteiger partial charge in [-0.15, -0.1) is 15.0 Å². The summed E-state index contributed by atoms with van der Waals surface area (Å²) in [6, 6.07) is 0.577. The number of hydrogen-bond donors (Lipinski definition) is 0. The Morgan fingerprint density at radius 3 is 1.87 bits per heavy atom. The van der Waals surface area contributed by atoms with Crippen molar-refractivity contribution in [1.82, 2.24) is 15.0 Å². The lowest BCUT2D eigenvalue weighted by Gasteiger charge is -2.11. The Morgan fingerprint density at radius 1 is 1.00 bits per heavy atom. The summed E-state index contributed by atoms with van der Waals surface area (Å²) in [6.45, 7) is 3.95. The van der Waals surface area contributed by atoms with Gasteiger partial charge in [-0.3, -0.25) is 0 Å². The van der Waals surface area contributed by atoms with Crippen molar-refractivity contribution in [3.63, 3.8) is 0 Å². The molecule has 0 spiro atoms. The fourth-order valence-corrected chi connectivity index (χ4v) is 0.819. The first-order valence-corrected chi connectivity index (χ1v) is 4.70. The van der Waals surface area contributed by atoms with Crippen LogP contribution in [0, 0.1) is 0 Å². The van der Waals surface area contributed by atoms with E-state index in [0.29, 0.717) is 0 Å². The van der Waals surface area contributed by atoms with Gasteiger partial charge in [-0.1, -0.05) is 6.92 Å². The van der Waals surface area contributed by atoms with Crippen LogP contribution < -0.4 is 14.2 Å². The van der Waals surface area contributed by atoms with Crippen molar-refractivity contribution in [2.75, 3.05) is 14.2 Å². The van der Waals surface area contributed by atoms with Crippen molar-refractivity contribution in [3.05, 3.63) is 0 Å². The predicted molar refractivity (Wildman–Crippen MR) is 53.3 cm³/mol. The molecule has 84 valence electrons. The van der Waals surface area contributed by atoms with E-state index in [0.717, 1.165) is 6.42 Å². The van der Waals surface area contributed by atoms with Gasteiger partial charge in [0.1, 0.15) is 0 Å². The Labute approximate surface area is 88.6 Å². The number of methoxy groups -OCH3 is 2. The standard InChI is InChI=1S/C9H15N3O3/c1-5-6(2)15-9-11-7(13-3)10-8(12-9)14-4/h6H,5H2,1-4H3. The molecule has 0 aliphatic heterocycles. The summed E-state index contributed by atoms with van der Waals surface area (Å²) in [5.41, 5.74) is 0. The Balaban J connectivity index is 2.86. The molecule has 1 rings (SSSR count). The molecule has 0 amide bonds. The number of ether oxygens (including phenoxy) is 3. The van der Waals surface area contributed by atoms with Crippen molar-refractivity contribution >= 4 is 0 Å². The zero-order valence-corrected chi connectivity index (χ0v) is 9.35. The lowest BCUT2D eigenvalue weighted by Crippen LogP contribution is -2.13. The summed E-state index contributed by atoms with van der Waals surface area (Å²) >= 11 is 0. The summed E-state index contributed by atoms with van der Waals surface area (Å²) in [7, 11) is 2.95. The first kappa shape index (κ1) is 11.5. The molecule has 0 aromatic carbocycles. The van der Waals surface area contributed by atoms with Gasteiger partial charge in [0.2, 0.25) is 0 Å². The highest BCUT2D eigenvalue weighted by Gasteiger charge is 2.10. The fourth-order valence-electron chi connectivity index (χ4n) is 0.819. The SMILES string of the molecule is CCC(C)Oc1nc(OC)nc(OC)n1. The quantitative estimate of drug-likeness (QED) is 0.728. The van der Waals surface area contributed by atoms with E-state index in [2.05, 4.69) is 15.0 Å². The van der Waals surface area contributed by atoms with Gasteiger partial charge in [0.25, 0.3) is 0 Å². The minimum atomic E-state index is 0.0433. The molecular weight excluding hydrogens is 198 g/mol. The van der Waals surface area contributed by atoms with Crippen LogP contribution in [0.1, 0.15) is 20.3 Å². The van der Waals surface area contributed by atoms with E-state index in [4.69, 9.17) is 14.2 Å².